The van der Waals surface area contributed by atoms with E-state index in [0.29, 0.717) is 6.61 Å². The van der Waals surface area contributed by atoms with E-state index in [0.717, 1.165) is 23.5 Å². The van der Waals surface area contributed by atoms with Crippen LogP contribution in [0.1, 0.15) is 38.8 Å². The highest BCUT2D eigenvalue weighted by Crippen LogP contribution is 2.36. The molecule has 0 aliphatic rings. The third kappa shape index (κ3) is 3.39. The molecule has 1 aromatic carbocycles. The molecule has 0 bridgehead atoms. The highest BCUT2D eigenvalue weighted by Gasteiger charge is 2.33. The number of rotatable bonds is 7. The van der Waals surface area contributed by atoms with Crippen molar-refractivity contribution in [3.05, 3.63) is 23.8 Å². The summed E-state index contributed by atoms with van der Waals surface area (Å²) in [5, 5.41) is 0. The van der Waals surface area contributed by atoms with Crippen molar-refractivity contribution in [2.24, 2.45) is 5.73 Å². The topological polar surface area (TPSA) is 53.7 Å². The van der Waals surface area contributed by atoms with Gasteiger partial charge in [-0.15, -0.1) is 0 Å². The van der Waals surface area contributed by atoms with Crippen LogP contribution in [0.2, 0.25) is 0 Å². The van der Waals surface area contributed by atoms with Crippen molar-refractivity contribution < 1.29 is 14.2 Å². The molecule has 0 amide bonds. The normalized spacial score (nSPS) is 15.7. The molecule has 0 fully saturated rings. The lowest BCUT2D eigenvalue weighted by atomic mass is 9.87. The fraction of sp³-hybridized carbons (Fsp3) is 0.600. The molecular weight excluding hydrogens is 242 g/mol. The number of nitrogens with two attached hydrogens (primary N) is 1. The fourth-order valence-corrected chi connectivity index (χ4v) is 2.15. The van der Waals surface area contributed by atoms with E-state index in [1.54, 1.807) is 14.2 Å². The second kappa shape index (κ2) is 6.78. The Morgan fingerprint density at radius 1 is 1.21 bits per heavy atom. The molecule has 0 saturated heterocycles. The molecule has 1 aromatic rings. The van der Waals surface area contributed by atoms with Crippen LogP contribution in [0.4, 0.5) is 0 Å². The Kier molecular flexibility index (Phi) is 5.63. The summed E-state index contributed by atoms with van der Waals surface area (Å²) in [5.74, 6) is 1.52. The maximum atomic E-state index is 6.41. The van der Waals surface area contributed by atoms with Crippen LogP contribution < -0.4 is 15.2 Å². The minimum Gasteiger partial charge on any atom is -0.497 e. The van der Waals surface area contributed by atoms with Crippen LogP contribution in [-0.4, -0.2) is 26.4 Å². The SMILES string of the molecule is CCOC(C)(CC)C(N)c1cc(OC)ccc1OC. The lowest BCUT2D eigenvalue weighted by molar-refractivity contribution is -0.0476. The standard InChI is InChI=1S/C15H25NO3/c1-6-15(3,19-7-2)14(16)12-10-11(17-4)8-9-13(12)18-5/h8-10,14H,6-7,16H2,1-5H3. The van der Waals surface area contributed by atoms with Gasteiger partial charge in [0.2, 0.25) is 0 Å². The van der Waals surface area contributed by atoms with Crippen molar-refractivity contribution in [1.29, 1.82) is 0 Å². The van der Waals surface area contributed by atoms with E-state index < -0.39 is 5.60 Å². The summed E-state index contributed by atoms with van der Waals surface area (Å²) >= 11 is 0. The molecule has 0 heterocycles. The monoisotopic (exact) mass is 267 g/mol. The number of hydrogen-bond donors (Lipinski definition) is 1. The Morgan fingerprint density at radius 3 is 2.37 bits per heavy atom. The molecule has 0 spiro atoms. The van der Waals surface area contributed by atoms with Gasteiger partial charge < -0.3 is 19.9 Å². The Balaban J connectivity index is 3.18. The van der Waals surface area contributed by atoms with Gasteiger partial charge in [-0.3, -0.25) is 0 Å². The number of methoxy groups -OCH3 is 2. The Bertz CT molecular complexity index is 408. The van der Waals surface area contributed by atoms with E-state index in [-0.39, 0.29) is 6.04 Å². The smallest absolute Gasteiger partial charge is 0.124 e. The van der Waals surface area contributed by atoms with Crippen molar-refractivity contribution in [2.45, 2.75) is 38.8 Å². The molecule has 0 aromatic heterocycles. The Morgan fingerprint density at radius 2 is 1.89 bits per heavy atom. The van der Waals surface area contributed by atoms with Gasteiger partial charge in [-0.2, -0.15) is 0 Å². The van der Waals surface area contributed by atoms with Gasteiger partial charge >= 0.3 is 0 Å². The van der Waals surface area contributed by atoms with E-state index >= 15 is 0 Å². The predicted molar refractivity (Wildman–Crippen MR) is 76.8 cm³/mol. The lowest BCUT2D eigenvalue weighted by Gasteiger charge is -2.35. The van der Waals surface area contributed by atoms with Crippen LogP contribution in [0.5, 0.6) is 11.5 Å². The molecule has 0 aliphatic carbocycles. The van der Waals surface area contributed by atoms with Gasteiger partial charge in [0, 0.05) is 12.2 Å². The van der Waals surface area contributed by atoms with Crippen LogP contribution in [0, 0.1) is 0 Å². The minimum atomic E-state index is -0.422. The van der Waals surface area contributed by atoms with E-state index in [1.807, 2.05) is 32.0 Å². The van der Waals surface area contributed by atoms with Crippen molar-refractivity contribution in [3.63, 3.8) is 0 Å². The van der Waals surface area contributed by atoms with Crippen molar-refractivity contribution in [1.82, 2.24) is 0 Å². The Hall–Kier alpha value is -1.26. The Labute approximate surface area is 115 Å². The van der Waals surface area contributed by atoms with E-state index in [9.17, 15) is 0 Å². The molecular formula is C15H25NO3. The predicted octanol–water partition coefficient (Wildman–Crippen LogP) is 2.91. The summed E-state index contributed by atoms with van der Waals surface area (Å²) in [4.78, 5) is 0. The summed E-state index contributed by atoms with van der Waals surface area (Å²) in [6, 6.07) is 5.37. The number of benzene rings is 1. The molecule has 4 nitrogen and oxygen atoms in total. The van der Waals surface area contributed by atoms with Crippen LogP contribution in [0.25, 0.3) is 0 Å². The molecule has 4 heteroatoms. The summed E-state index contributed by atoms with van der Waals surface area (Å²) in [6.07, 6.45) is 0.822. The summed E-state index contributed by atoms with van der Waals surface area (Å²) in [7, 11) is 3.28. The maximum absolute atomic E-state index is 6.41. The molecule has 0 aliphatic heterocycles. The first kappa shape index (κ1) is 15.8. The maximum Gasteiger partial charge on any atom is 0.124 e. The molecule has 1 rings (SSSR count). The zero-order valence-corrected chi connectivity index (χ0v) is 12.5. The van der Waals surface area contributed by atoms with E-state index in [2.05, 4.69) is 6.92 Å². The quantitative estimate of drug-likeness (QED) is 0.825. The molecule has 19 heavy (non-hydrogen) atoms. The summed E-state index contributed by atoms with van der Waals surface area (Å²) in [5.41, 5.74) is 6.89. The van der Waals surface area contributed by atoms with Crippen LogP contribution in [0.15, 0.2) is 18.2 Å². The molecule has 2 unspecified atom stereocenters. The van der Waals surface area contributed by atoms with E-state index in [1.165, 1.54) is 0 Å². The number of hydrogen-bond acceptors (Lipinski definition) is 4. The van der Waals surface area contributed by atoms with Gasteiger partial charge in [0.25, 0.3) is 0 Å². The highest BCUT2D eigenvalue weighted by molar-refractivity contribution is 5.43. The van der Waals surface area contributed by atoms with Crippen molar-refractivity contribution in [2.75, 3.05) is 20.8 Å². The lowest BCUT2D eigenvalue weighted by Crippen LogP contribution is -2.40. The summed E-state index contributed by atoms with van der Waals surface area (Å²) in [6.45, 7) is 6.70. The third-order valence-corrected chi connectivity index (χ3v) is 3.61. The van der Waals surface area contributed by atoms with Crippen LogP contribution >= 0.6 is 0 Å². The second-order valence-corrected chi connectivity index (χ2v) is 4.68. The van der Waals surface area contributed by atoms with Crippen molar-refractivity contribution in [3.8, 4) is 11.5 Å². The second-order valence-electron chi connectivity index (χ2n) is 4.68. The van der Waals surface area contributed by atoms with Gasteiger partial charge in [0.15, 0.2) is 0 Å². The fourth-order valence-electron chi connectivity index (χ4n) is 2.15. The molecule has 0 radical (unpaired) electrons. The van der Waals surface area contributed by atoms with Gasteiger partial charge in [-0.1, -0.05) is 6.92 Å². The summed E-state index contributed by atoms with van der Waals surface area (Å²) < 4.78 is 16.5. The minimum absolute atomic E-state index is 0.275. The van der Waals surface area contributed by atoms with Crippen molar-refractivity contribution >= 4 is 0 Å². The largest absolute Gasteiger partial charge is 0.497 e. The first-order chi connectivity index (χ1) is 9.02. The number of ether oxygens (including phenoxy) is 3. The first-order valence-corrected chi connectivity index (χ1v) is 6.63. The van der Waals surface area contributed by atoms with Gasteiger partial charge in [0.1, 0.15) is 11.5 Å². The van der Waals surface area contributed by atoms with Crippen LogP contribution in [-0.2, 0) is 4.74 Å². The molecule has 108 valence electrons. The van der Waals surface area contributed by atoms with E-state index in [4.69, 9.17) is 19.9 Å². The molecule has 0 saturated carbocycles. The highest BCUT2D eigenvalue weighted by atomic mass is 16.5. The zero-order valence-electron chi connectivity index (χ0n) is 12.5. The third-order valence-electron chi connectivity index (χ3n) is 3.61. The average molecular weight is 267 g/mol. The molecule has 2 N–H and O–H groups in total. The first-order valence-electron chi connectivity index (χ1n) is 6.63. The van der Waals surface area contributed by atoms with Crippen LogP contribution in [0.3, 0.4) is 0 Å². The van der Waals surface area contributed by atoms with Gasteiger partial charge in [-0.05, 0) is 38.5 Å². The van der Waals surface area contributed by atoms with Gasteiger partial charge in [0.05, 0.1) is 25.9 Å². The average Bonchev–Trinajstić information content (AvgIpc) is 2.45. The van der Waals surface area contributed by atoms with Gasteiger partial charge in [-0.25, -0.2) is 0 Å². The molecule has 2 atom stereocenters. The zero-order chi connectivity index (χ0) is 14.5.